The van der Waals surface area contributed by atoms with Crippen molar-refractivity contribution < 1.29 is 52.5 Å². The second kappa shape index (κ2) is 28.4. The molecule has 318 valence electrons. The predicted octanol–water partition coefficient (Wildman–Crippen LogP) is 6.20. The molecule has 1 aliphatic rings. The monoisotopic (exact) mass is 786 g/mol. The first-order valence-electron chi connectivity index (χ1n) is 20.3. The fourth-order valence-corrected chi connectivity index (χ4v) is 5.30. The Balaban J connectivity index is 2.05. The number of rotatable bonds is 27. The summed E-state index contributed by atoms with van der Waals surface area (Å²) in [6.45, 7) is 14.0. The number of likely N-dealkylation sites (tertiary alicyclic amines) is 1. The third kappa shape index (κ3) is 22.9. The molecule has 0 spiro atoms. The zero-order valence-corrected chi connectivity index (χ0v) is 34.5. The molecule has 16 nitrogen and oxygen atoms in total. The molecule has 16 heteroatoms. The molecule has 1 unspecified atom stereocenters. The van der Waals surface area contributed by atoms with Crippen molar-refractivity contribution in [3.63, 3.8) is 0 Å². The van der Waals surface area contributed by atoms with Crippen molar-refractivity contribution in [1.82, 2.24) is 26.2 Å². The number of nitrogens with zero attached hydrogens (tertiary/aromatic N) is 1. The number of hydrogen-bond acceptors (Lipinski definition) is 11. The van der Waals surface area contributed by atoms with Crippen LogP contribution in [0.2, 0.25) is 0 Å². The van der Waals surface area contributed by atoms with E-state index < -0.39 is 29.1 Å². The molecule has 1 atom stereocenters. The van der Waals surface area contributed by atoms with E-state index in [1.807, 2.05) is 46.4 Å². The van der Waals surface area contributed by atoms with E-state index in [4.69, 9.17) is 23.7 Å². The van der Waals surface area contributed by atoms with E-state index in [9.17, 15) is 28.8 Å². The SMILES string of the molecule is CCC(C)(C)C(=O)OCCOC(=O)NCCCCCCNC(=O)OCCC1CCCCN1C(=O)NCCCCCCNC(=O)OCCOC(=O)C(C)(C)CC. The van der Waals surface area contributed by atoms with Crippen molar-refractivity contribution in [3.8, 4) is 0 Å². The number of unbranched alkanes of at least 4 members (excludes halogenated alkanes) is 6. The lowest BCUT2D eigenvalue weighted by atomic mass is 9.91. The van der Waals surface area contributed by atoms with E-state index in [-0.39, 0.29) is 57.0 Å². The quantitative estimate of drug-likeness (QED) is 0.0420. The minimum atomic E-state index is -0.557. The van der Waals surface area contributed by atoms with Crippen LogP contribution in [0.5, 0.6) is 0 Å². The smallest absolute Gasteiger partial charge is 0.407 e. The van der Waals surface area contributed by atoms with Gasteiger partial charge in [-0.3, -0.25) is 9.59 Å². The number of piperidine rings is 1. The van der Waals surface area contributed by atoms with E-state index in [0.29, 0.717) is 52.0 Å². The lowest BCUT2D eigenvalue weighted by Gasteiger charge is -2.35. The maximum Gasteiger partial charge on any atom is 0.407 e. The third-order valence-electron chi connectivity index (χ3n) is 9.84. The minimum absolute atomic E-state index is 0.00160. The number of urea groups is 1. The van der Waals surface area contributed by atoms with Gasteiger partial charge in [0.25, 0.3) is 0 Å². The topological polar surface area (TPSA) is 200 Å². The summed E-state index contributed by atoms with van der Waals surface area (Å²) in [7, 11) is 0. The molecule has 1 fully saturated rings. The van der Waals surface area contributed by atoms with Gasteiger partial charge in [0.1, 0.15) is 26.4 Å². The fraction of sp³-hybridized carbons (Fsp3) is 0.846. The third-order valence-corrected chi connectivity index (χ3v) is 9.84. The normalized spacial score (nSPS) is 14.3. The minimum Gasteiger partial charge on any atom is -0.462 e. The zero-order valence-electron chi connectivity index (χ0n) is 34.5. The average Bonchev–Trinajstić information content (AvgIpc) is 3.16. The van der Waals surface area contributed by atoms with Gasteiger partial charge in [-0.25, -0.2) is 19.2 Å². The first kappa shape index (κ1) is 49.0. The molecule has 0 aromatic rings. The summed E-state index contributed by atoms with van der Waals surface area (Å²) in [6, 6.07) is -0.0758. The van der Waals surface area contributed by atoms with Crippen LogP contribution in [0.4, 0.5) is 19.2 Å². The molecule has 1 aliphatic heterocycles. The van der Waals surface area contributed by atoms with E-state index >= 15 is 0 Å². The first-order chi connectivity index (χ1) is 26.2. The van der Waals surface area contributed by atoms with E-state index in [1.165, 1.54) is 0 Å². The van der Waals surface area contributed by atoms with Gasteiger partial charge in [-0.15, -0.1) is 0 Å². The van der Waals surface area contributed by atoms with Crippen LogP contribution in [0.25, 0.3) is 0 Å². The highest BCUT2D eigenvalue weighted by Gasteiger charge is 2.28. The predicted molar refractivity (Wildman–Crippen MR) is 207 cm³/mol. The van der Waals surface area contributed by atoms with Gasteiger partial charge in [0.05, 0.1) is 17.4 Å². The number of alkyl carbamates (subject to hydrolysis) is 3. The summed E-state index contributed by atoms with van der Waals surface area (Å²) in [5.41, 5.74) is -1.11. The molecule has 55 heavy (non-hydrogen) atoms. The lowest BCUT2D eigenvalue weighted by molar-refractivity contribution is -0.155. The fourth-order valence-electron chi connectivity index (χ4n) is 5.30. The average molecular weight is 786 g/mol. The van der Waals surface area contributed by atoms with Crippen molar-refractivity contribution in [2.24, 2.45) is 10.8 Å². The number of amides is 5. The Bertz CT molecular complexity index is 1150. The number of ether oxygens (including phenoxy) is 5. The van der Waals surface area contributed by atoms with Crippen LogP contribution in [-0.2, 0) is 33.3 Å². The van der Waals surface area contributed by atoms with Gasteiger partial charge in [0.15, 0.2) is 0 Å². The number of nitrogens with one attached hydrogen (secondary N) is 4. The van der Waals surface area contributed by atoms with Crippen molar-refractivity contribution >= 4 is 36.2 Å². The van der Waals surface area contributed by atoms with Gasteiger partial charge in [-0.2, -0.15) is 0 Å². The van der Waals surface area contributed by atoms with Crippen LogP contribution in [0.3, 0.4) is 0 Å². The molecule has 4 N–H and O–H groups in total. The Kier molecular flexibility index (Phi) is 25.4. The van der Waals surface area contributed by atoms with Gasteiger partial charge < -0.3 is 49.9 Å². The van der Waals surface area contributed by atoms with Gasteiger partial charge >= 0.3 is 36.2 Å². The second-order valence-electron chi connectivity index (χ2n) is 15.1. The summed E-state index contributed by atoms with van der Waals surface area (Å²) >= 11 is 0. The van der Waals surface area contributed by atoms with Crippen LogP contribution in [0.15, 0.2) is 0 Å². The molecule has 0 saturated carbocycles. The van der Waals surface area contributed by atoms with Gasteiger partial charge in [0, 0.05) is 45.2 Å². The van der Waals surface area contributed by atoms with Gasteiger partial charge in [-0.1, -0.05) is 39.5 Å². The van der Waals surface area contributed by atoms with Crippen molar-refractivity contribution in [2.45, 2.75) is 137 Å². The Labute approximate surface area is 328 Å². The summed E-state index contributed by atoms with van der Waals surface area (Å²) in [4.78, 5) is 74.4. The Morgan fingerprint density at radius 2 is 0.909 bits per heavy atom. The summed E-state index contributed by atoms with van der Waals surface area (Å²) in [6.07, 6.45) is 9.88. The molecule has 0 aromatic heterocycles. The van der Waals surface area contributed by atoms with E-state index in [1.54, 1.807) is 0 Å². The first-order valence-corrected chi connectivity index (χ1v) is 20.3. The second-order valence-corrected chi connectivity index (χ2v) is 15.1. The molecule has 1 rings (SSSR count). The molecule has 1 saturated heterocycles. The molecule has 0 bridgehead atoms. The van der Waals surface area contributed by atoms with Crippen LogP contribution in [0.1, 0.15) is 131 Å². The highest BCUT2D eigenvalue weighted by atomic mass is 16.6. The molecular weight excluding hydrogens is 714 g/mol. The van der Waals surface area contributed by atoms with Crippen molar-refractivity contribution in [1.29, 1.82) is 0 Å². The van der Waals surface area contributed by atoms with Gasteiger partial charge in [0.2, 0.25) is 0 Å². The zero-order chi connectivity index (χ0) is 41.0. The number of carbonyl (C=O) groups excluding carboxylic acids is 6. The number of esters is 2. The standard InChI is InChI=1S/C39H71N5O11/c1-7-38(3,4)32(45)51-27-29-54-36(49)42-23-15-10-9-14-21-40-34(47)44-25-18-13-19-31(44)20-26-53-35(48)41-22-16-11-12-17-24-43-37(50)55-30-28-52-33(46)39(5,6)8-2/h31H,7-30H2,1-6H3,(H,40,47)(H,41,48)(H,42,49)(H,43,50). The molecule has 0 radical (unpaired) electrons. The Morgan fingerprint density at radius 3 is 1.33 bits per heavy atom. The maximum absolute atomic E-state index is 12.9. The molecule has 5 amide bonds. The summed E-state index contributed by atoms with van der Waals surface area (Å²) < 4.78 is 25.7. The Hall–Kier alpha value is -3.98. The van der Waals surface area contributed by atoms with Crippen LogP contribution < -0.4 is 21.3 Å². The van der Waals surface area contributed by atoms with Crippen molar-refractivity contribution in [3.05, 3.63) is 0 Å². The molecule has 0 aromatic carbocycles. The van der Waals surface area contributed by atoms with E-state index in [2.05, 4.69) is 21.3 Å². The Morgan fingerprint density at radius 1 is 0.527 bits per heavy atom. The van der Waals surface area contributed by atoms with Gasteiger partial charge in [-0.05, 0) is 85.5 Å². The molecule has 0 aliphatic carbocycles. The molecular formula is C39H71N5O11. The molecule has 1 heterocycles. The largest absolute Gasteiger partial charge is 0.462 e. The summed E-state index contributed by atoms with van der Waals surface area (Å²) in [5.74, 6) is -0.622. The highest BCUT2D eigenvalue weighted by molar-refractivity contribution is 5.76. The number of carbonyl (C=O) groups is 6. The summed E-state index contributed by atoms with van der Waals surface area (Å²) in [5, 5.41) is 11.2. The highest BCUT2D eigenvalue weighted by Crippen LogP contribution is 2.22. The number of hydrogen-bond donors (Lipinski definition) is 4. The van der Waals surface area contributed by atoms with Crippen LogP contribution in [0, 0.1) is 10.8 Å². The van der Waals surface area contributed by atoms with Crippen LogP contribution >= 0.6 is 0 Å². The maximum atomic E-state index is 12.9. The van der Waals surface area contributed by atoms with Crippen molar-refractivity contribution in [2.75, 3.05) is 65.8 Å². The lowest BCUT2D eigenvalue weighted by Crippen LogP contribution is -2.49. The van der Waals surface area contributed by atoms with E-state index in [0.717, 1.165) is 70.6 Å². The van der Waals surface area contributed by atoms with Crippen LogP contribution in [-0.4, -0.2) is 113 Å².